The Morgan fingerprint density at radius 1 is 1.46 bits per heavy atom. The van der Waals surface area contributed by atoms with Gasteiger partial charge in [0.05, 0.1) is 19.8 Å². The maximum atomic E-state index is 10.7. The summed E-state index contributed by atoms with van der Waals surface area (Å²) in [5.74, 6) is 0.730. The molecule has 0 spiro atoms. The van der Waals surface area contributed by atoms with Crippen LogP contribution in [0, 0.1) is 13.8 Å². The third kappa shape index (κ3) is 3.95. The number of aromatic nitrogens is 1. The van der Waals surface area contributed by atoms with Gasteiger partial charge in [0.15, 0.2) is 0 Å². The van der Waals surface area contributed by atoms with E-state index in [1.165, 1.54) is 0 Å². The first-order valence-electron chi connectivity index (χ1n) is 8.15. The minimum atomic E-state index is -0.586. The van der Waals surface area contributed by atoms with Crippen LogP contribution in [0.4, 0.5) is 0 Å². The third-order valence-corrected chi connectivity index (χ3v) is 5.29. The first-order valence-corrected chi connectivity index (χ1v) is 9.03. The van der Waals surface area contributed by atoms with Crippen LogP contribution < -0.4 is 4.74 Å². The lowest BCUT2D eigenvalue weighted by Crippen LogP contribution is -2.40. The molecule has 2 aromatic rings. The highest BCUT2D eigenvalue weighted by Crippen LogP contribution is 2.29. The molecular weight excluding hydrogens is 324 g/mol. The topological polar surface area (TPSA) is 54.8 Å². The molecular formula is C18H24N2O3S. The minimum Gasteiger partial charge on any atom is -0.496 e. The summed E-state index contributed by atoms with van der Waals surface area (Å²) < 4.78 is 11.3. The van der Waals surface area contributed by atoms with Crippen LogP contribution in [0.15, 0.2) is 23.6 Å². The first-order chi connectivity index (χ1) is 11.6. The Labute approximate surface area is 146 Å². The average Bonchev–Trinajstić information content (AvgIpc) is 3.01. The fourth-order valence-electron chi connectivity index (χ4n) is 2.99. The molecule has 1 aromatic carbocycles. The van der Waals surface area contributed by atoms with E-state index in [0.29, 0.717) is 13.2 Å². The summed E-state index contributed by atoms with van der Waals surface area (Å²) in [6.45, 7) is 6.79. The summed E-state index contributed by atoms with van der Waals surface area (Å²) in [7, 11) is 1.64. The molecule has 1 saturated heterocycles. The lowest BCUT2D eigenvalue weighted by molar-refractivity contribution is -0.0426. The van der Waals surface area contributed by atoms with E-state index in [-0.39, 0.29) is 6.10 Å². The highest BCUT2D eigenvalue weighted by Gasteiger charge is 2.26. The van der Waals surface area contributed by atoms with Crippen LogP contribution in [0.1, 0.15) is 34.0 Å². The summed E-state index contributed by atoms with van der Waals surface area (Å²) in [5.41, 5.74) is 2.98. The summed E-state index contributed by atoms with van der Waals surface area (Å²) in [5, 5.41) is 13.8. The molecule has 1 aliphatic heterocycles. The Bertz CT molecular complexity index is 689. The van der Waals surface area contributed by atoms with E-state index in [1.54, 1.807) is 18.4 Å². The number of rotatable bonds is 5. The number of morpholine rings is 1. The van der Waals surface area contributed by atoms with Crippen molar-refractivity contribution < 1.29 is 14.6 Å². The molecule has 5 nitrogen and oxygen atoms in total. The van der Waals surface area contributed by atoms with Crippen molar-refractivity contribution in [2.45, 2.75) is 26.1 Å². The van der Waals surface area contributed by atoms with Gasteiger partial charge in [-0.25, -0.2) is 4.98 Å². The number of ether oxygens (including phenoxy) is 2. The van der Waals surface area contributed by atoms with Gasteiger partial charge in [-0.15, -0.1) is 11.3 Å². The monoisotopic (exact) mass is 348 g/mol. The number of methoxy groups -OCH3 is 1. The van der Waals surface area contributed by atoms with Crippen molar-refractivity contribution >= 4 is 11.3 Å². The quantitative estimate of drug-likeness (QED) is 0.900. The van der Waals surface area contributed by atoms with Crippen molar-refractivity contribution in [3.8, 4) is 5.75 Å². The van der Waals surface area contributed by atoms with Gasteiger partial charge in [0.25, 0.3) is 0 Å². The predicted octanol–water partition coefficient (Wildman–Crippen LogP) is 2.88. The third-order valence-electron chi connectivity index (χ3n) is 4.24. The summed E-state index contributed by atoms with van der Waals surface area (Å²) in [4.78, 5) is 6.76. The number of hydrogen-bond donors (Lipinski definition) is 1. The van der Waals surface area contributed by atoms with Crippen LogP contribution in [0.25, 0.3) is 0 Å². The largest absolute Gasteiger partial charge is 0.496 e. The smallest absolute Gasteiger partial charge is 0.124 e. The number of aryl methyl sites for hydroxylation is 2. The van der Waals surface area contributed by atoms with Crippen LogP contribution >= 0.6 is 11.3 Å². The zero-order valence-corrected chi connectivity index (χ0v) is 15.2. The fourth-order valence-corrected chi connectivity index (χ4v) is 3.83. The SMILES string of the molecule is COc1ccc(C)cc1[C@@H](O)CN1CCO[C@@H](c2nc(C)cs2)C1. The molecule has 0 amide bonds. The van der Waals surface area contributed by atoms with Gasteiger partial charge in [-0.2, -0.15) is 0 Å². The zero-order valence-electron chi connectivity index (χ0n) is 14.4. The number of nitrogens with zero attached hydrogens (tertiary/aromatic N) is 2. The molecule has 2 heterocycles. The molecule has 1 aliphatic rings. The van der Waals surface area contributed by atoms with E-state index < -0.39 is 6.10 Å². The van der Waals surface area contributed by atoms with Gasteiger partial charge in [0.2, 0.25) is 0 Å². The molecule has 1 fully saturated rings. The Hall–Kier alpha value is -1.47. The molecule has 0 aliphatic carbocycles. The Balaban J connectivity index is 1.68. The van der Waals surface area contributed by atoms with Gasteiger partial charge in [-0.1, -0.05) is 11.6 Å². The Morgan fingerprint density at radius 2 is 2.29 bits per heavy atom. The number of benzene rings is 1. The van der Waals surface area contributed by atoms with E-state index in [0.717, 1.165) is 40.7 Å². The van der Waals surface area contributed by atoms with Gasteiger partial charge in [-0.05, 0) is 26.0 Å². The van der Waals surface area contributed by atoms with E-state index in [1.807, 2.05) is 37.4 Å². The van der Waals surface area contributed by atoms with Crippen molar-refractivity contribution in [2.75, 3.05) is 33.4 Å². The number of aliphatic hydroxyl groups is 1. The second-order valence-electron chi connectivity index (χ2n) is 6.21. The van der Waals surface area contributed by atoms with Gasteiger partial charge >= 0.3 is 0 Å². The van der Waals surface area contributed by atoms with Crippen LogP contribution in [0.3, 0.4) is 0 Å². The molecule has 0 bridgehead atoms. The molecule has 3 rings (SSSR count). The highest BCUT2D eigenvalue weighted by molar-refractivity contribution is 7.09. The summed E-state index contributed by atoms with van der Waals surface area (Å²) in [6.07, 6.45) is -0.597. The molecule has 130 valence electrons. The predicted molar refractivity (Wildman–Crippen MR) is 94.7 cm³/mol. The van der Waals surface area contributed by atoms with E-state index in [4.69, 9.17) is 9.47 Å². The number of thiazole rings is 1. The van der Waals surface area contributed by atoms with Crippen molar-refractivity contribution in [3.05, 3.63) is 45.4 Å². The van der Waals surface area contributed by atoms with Crippen LogP contribution in [0.5, 0.6) is 5.75 Å². The normalized spacial score (nSPS) is 20.1. The minimum absolute atomic E-state index is 0.0101. The number of aliphatic hydroxyl groups excluding tert-OH is 1. The van der Waals surface area contributed by atoms with E-state index in [2.05, 4.69) is 9.88 Å². The molecule has 2 atom stereocenters. The molecule has 1 aromatic heterocycles. The first kappa shape index (κ1) is 17.4. The maximum Gasteiger partial charge on any atom is 0.124 e. The molecule has 24 heavy (non-hydrogen) atoms. The lowest BCUT2D eigenvalue weighted by Gasteiger charge is -2.33. The summed E-state index contributed by atoms with van der Waals surface area (Å²) >= 11 is 1.64. The van der Waals surface area contributed by atoms with Gasteiger partial charge in [0, 0.05) is 36.3 Å². The van der Waals surface area contributed by atoms with Gasteiger partial charge in [-0.3, -0.25) is 4.90 Å². The fraction of sp³-hybridized carbons (Fsp3) is 0.500. The summed E-state index contributed by atoms with van der Waals surface area (Å²) in [6, 6.07) is 5.89. The van der Waals surface area contributed by atoms with Crippen LogP contribution in [0.2, 0.25) is 0 Å². The van der Waals surface area contributed by atoms with Crippen molar-refractivity contribution in [2.24, 2.45) is 0 Å². The standard InChI is InChI=1S/C18H24N2O3S/c1-12-4-5-16(22-3)14(8-12)15(21)9-20-6-7-23-17(10-20)18-19-13(2)11-24-18/h4-5,8,11,15,17,21H,6-7,9-10H2,1-3H3/t15-,17+/m0/s1. The second-order valence-corrected chi connectivity index (χ2v) is 7.10. The van der Waals surface area contributed by atoms with Crippen LogP contribution in [-0.2, 0) is 4.74 Å². The van der Waals surface area contributed by atoms with Gasteiger partial charge in [0.1, 0.15) is 16.9 Å². The number of β-amino-alcohol motifs (C(OH)–C–C–N with tert-alkyl or cyclic N) is 1. The van der Waals surface area contributed by atoms with Crippen molar-refractivity contribution in [1.82, 2.24) is 9.88 Å². The average molecular weight is 348 g/mol. The van der Waals surface area contributed by atoms with Crippen LogP contribution in [-0.4, -0.2) is 48.3 Å². The number of hydrogen-bond acceptors (Lipinski definition) is 6. The molecule has 0 saturated carbocycles. The lowest BCUT2D eigenvalue weighted by atomic mass is 10.0. The van der Waals surface area contributed by atoms with Gasteiger partial charge < -0.3 is 14.6 Å². The highest BCUT2D eigenvalue weighted by atomic mass is 32.1. The van der Waals surface area contributed by atoms with E-state index in [9.17, 15) is 5.11 Å². The maximum absolute atomic E-state index is 10.7. The Kier molecular flexibility index (Phi) is 5.50. The van der Waals surface area contributed by atoms with E-state index >= 15 is 0 Å². The zero-order chi connectivity index (χ0) is 17.1. The van der Waals surface area contributed by atoms with Crippen molar-refractivity contribution in [1.29, 1.82) is 0 Å². The molecule has 1 N–H and O–H groups in total. The van der Waals surface area contributed by atoms with Crippen molar-refractivity contribution in [3.63, 3.8) is 0 Å². The molecule has 0 unspecified atom stereocenters. The second kappa shape index (κ2) is 7.61. The molecule has 0 radical (unpaired) electrons. The Morgan fingerprint density at radius 3 is 3.00 bits per heavy atom. The molecule has 6 heteroatoms.